The Morgan fingerprint density at radius 1 is 1.43 bits per heavy atom. The molecular formula is C13H19ClFN3O2S. The summed E-state index contributed by atoms with van der Waals surface area (Å²) in [5, 5.41) is 2.88. The van der Waals surface area contributed by atoms with Crippen molar-refractivity contribution in [3.8, 4) is 0 Å². The van der Waals surface area contributed by atoms with Gasteiger partial charge in [-0.3, -0.25) is 4.72 Å². The summed E-state index contributed by atoms with van der Waals surface area (Å²) in [6.45, 7) is 1.00. The number of rotatable bonds is 5. The van der Waals surface area contributed by atoms with Crippen LogP contribution in [-0.4, -0.2) is 38.9 Å². The molecule has 0 bridgehead atoms. The monoisotopic (exact) mass is 335 g/mol. The molecule has 2 rings (SSSR count). The minimum absolute atomic E-state index is 0.111. The molecule has 21 heavy (non-hydrogen) atoms. The van der Waals surface area contributed by atoms with Crippen LogP contribution in [0.25, 0.3) is 0 Å². The molecule has 0 aliphatic carbocycles. The minimum atomic E-state index is -3.80. The molecule has 1 saturated heterocycles. The molecule has 1 aromatic carbocycles. The zero-order valence-electron chi connectivity index (χ0n) is 11.8. The van der Waals surface area contributed by atoms with Crippen LogP contribution in [-0.2, 0) is 10.2 Å². The van der Waals surface area contributed by atoms with Crippen LogP contribution in [0.1, 0.15) is 19.3 Å². The van der Waals surface area contributed by atoms with Gasteiger partial charge < -0.3 is 5.32 Å². The van der Waals surface area contributed by atoms with Crippen molar-refractivity contribution in [2.75, 3.05) is 24.9 Å². The van der Waals surface area contributed by atoms with Gasteiger partial charge in [0.2, 0.25) is 0 Å². The Labute approximate surface area is 129 Å². The van der Waals surface area contributed by atoms with Crippen LogP contribution in [0.15, 0.2) is 18.2 Å². The Balaban J connectivity index is 2.22. The highest BCUT2D eigenvalue weighted by Crippen LogP contribution is 2.26. The third-order valence-corrected chi connectivity index (χ3v) is 5.38. The van der Waals surface area contributed by atoms with E-state index in [1.54, 1.807) is 7.05 Å². The summed E-state index contributed by atoms with van der Waals surface area (Å²) in [7, 11) is -2.02. The van der Waals surface area contributed by atoms with Crippen molar-refractivity contribution >= 4 is 27.5 Å². The maximum absolute atomic E-state index is 13.9. The van der Waals surface area contributed by atoms with Crippen molar-refractivity contribution in [2.24, 2.45) is 0 Å². The molecule has 0 amide bonds. The van der Waals surface area contributed by atoms with E-state index in [1.165, 1.54) is 22.5 Å². The van der Waals surface area contributed by atoms with E-state index in [0.29, 0.717) is 13.1 Å². The fraction of sp³-hybridized carbons (Fsp3) is 0.538. The van der Waals surface area contributed by atoms with Gasteiger partial charge in [0.1, 0.15) is 0 Å². The standard InChI is InChI=1S/C13H19ClFN3O2S/c1-16-9-10-5-2-3-8-18(10)21(19,20)17-12-7-4-6-11(14)13(12)15/h4,6-7,10,16-17H,2-3,5,8-9H2,1H3. The van der Waals surface area contributed by atoms with Crippen molar-refractivity contribution in [1.29, 1.82) is 0 Å². The van der Waals surface area contributed by atoms with Gasteiger partial charge in [-0.05, 0) is 32.0 Å². The van der Waals surface area contributed by atoms with E-state index < -0.39 is 16.0 Å². The number of halogens is 2. The molecule has 0 radical (unpaired) electrons. The van der Waals surface area contributed by atoms with E-state index in [1.807, 2.05) is 0 Å². The summed E-state index contributed by atoms with van der Waals surface area (Å²) < 4.78 is 42.5. The molecular weight excluding hydrogens is 317 g/mol. The quantitative estimate of drug-likeness (QED) is 0.867. The highest BCUT2D eigenvalue weighted by atomic mass is 35.5. The average molecular weight is 336 g/mol. The normalized spacial score (nSPS) is 20.4. The van der Waals surface area contributed by atoms with Crippen LogP contribution < -0.4 is 10.0 Å². The molecule has 1 aliphatic rings. The van der Waals surface area contributed by atoms with Gasteiger partial charge in [0.25, 0.3) is 0 Å². The zero-order chi connectivity index (χ0) is 15.5. The molecule has 1 aliphatic heterocycles. The highest BCUT2D eigenvalue weighted by molar-refractivity contribution is 7.90. The second-order valence-electron chi connectivity index (χ2n) is 5.03. The number of piperidine rings is 1. The SMILES string of the molecule is CNCC1CCCCN1S(=O)(=O)Nc1cccc(Cl)c1F. The molecule has 118 valence electrons. The maximum Gasteiger partial charge on any atom is 0.302 e. The van der Waals surface area contributed by atoms with Gasteiger partial charge in [0.15, 0.2) is 5.82 Å². The summed E-state index contributed by atoms with van der Waals surface area (Å²) in [6.07, 6.45) is 2.59. The predicted molar refractivity (Wildman–Crippen MR) is 82.2 cm³/mol. The first-order chi connectivity index (χ1) is 9.95. The summed E-state index contributed by atoms with van der Waals surface area (Å²) in [5.74, 6) is -0.759. The Hall–Kier alpha value is -0.890. The molecule has 1 fully saturated rings. The Morgan fingerprint density at radius 2 is 2.19 bits per heavy atom. The molecule has 0 spiro atoms. The van der Waals surface area contributed by atoms with Crippen LogP contribution in [0.5, 0.6) is 0 Å². The van der Waals surface area contributed by atoms with Gasteiger partial charge in [-0.25, -0.2) is 4.39 Å². The van der Waals surface area contributed by atoms with Gasteiger partial charge in [0.05, 0.1) is 10.7 Å². The summed E-state index contributed by atoms with van der Waals surface area (Å²) >= 11 is 5.67. The van der Waals surface area contributed by atoms with Gasteiger partial charge in [-0.2, -0.15) is 12.7 Å². The molecule has 0 aromatic heterocycles. The first-order valence-corrected chi connectivity index (χ1v) is 8.65. The van der Waals surface area contributed by atoms with E-state index in [9.17, 15) is 12.8 Å². The predicted octanol–water partition coefficient (Wildman–Crippen LogP) is 2.21. The van der Waals surface area contributed by atoms with Crippen LogP contribution in [0.4, 0.5) is 10.1 Å². The first kappa shape index (κ1) is 16.5. The van der Waals surface area contributed by atoms with Gasteiger partial charge in [-0.1, -0.05) is 24.1 Å². The van der Waals surface area contributed by atoms with Gasteiger partial charge >= 0.3 is 10.2 Å². The molecule has 1 unspecified atom stereocenters. The number of anilines is 1. The summed E-state index contributed by atoms with van der Waals surface area (Å²) in [4.78, 5) is 0. The Morgan fingerprint density at radius 3 is 2.90 bits per heavy atom. The number of nitrogens with one attached hydrogen (secondary N) is 2. The van der Waals surface area contributed by atoms with Crippen LogP contribution in [0.2, 0.25) is 5.02 Å². The summed E-state index contributed by atoms with van der Waals surface area (Å²) in [5.41, 5.74) is -0.128. The largest absolute Gasteiger partial charge is 0.318 e. The maximum atomic E-state index is 13.9. The Kier molecular flexibility index (Phi) is 5.43. The third kappa shape index (κ3) is 3.85. The lowest BCUT2D eigenvalue weighted by Gasteiger charge is -2.34. The van der Waals surface area contributed by atoms with Crippen LogP contribution in [0, 0.1) is 5.82 Å². The van der Waals surface area contributed by atoms with E-state index in [0.717, 1.165) is 19.3 Å². The van der Waals surface area contributed by atoms with Crippen molar-refractivity contribution in [3.05, 3.63) is 29.0 Å². The average Bonchev–Trinajstić information content (AvgIpc) is 2.44. The number of hydrogen-bond donors (Lipinski definition) is 2. The highest BCUT2D eigenvalue weighted by Gasteiger charge is 2.32. The van der Waals surface area contributed by atoms with Gasteiger partial charge in [-0.15, -0.1) is 0 Å². The lowest BCUT2D eigenvalue weighted by molar-refractivity contribution is 0.250. The molecule has 1 atom stereocenters. The fourth-order valence-corrected chi connectivity index (χ4v) is 4.18. The second-order valence-corrected chi connectivity index (χ2v) is 7.06. The number of benzene rings is 1. The molecule has 5 nitrogen and oxygen atoms in total. The first-order valence-electron chi connectivity index (χ1n) is 6.84. The van der Waals surface area contributed by atoms with E-state index >= 15 is 0 Å². The number of nitrogens with zero attached hydrogens (tertiary/aromatic N) is 1. The topological polar surface area (TPSA) is 61.4 Å². The molecule has 0 saturated carbocycles. The second kappa shape index (κ2) is 6.91. The van der Waals surface area contributed by atoms with Crippen molar-refractivity contribution in [3.63, 3.8) is 0 Å². The van der Waals surface area contributed by atoms with E-state index in [2.05, 4.69) is 10.0 Å². The molecule has 8 heteroatoms. The van der Waals surface area contributed by atoms with Crippen molar-refractivity contribution < 1.29 is 12.8 Å². The molecule has 1 aromatic rings. The zero-order valence-corrected chi connectivity index (χ0v) is 13.3. The lowest BCUT2D eigenvalue weighted by Crippen LogP contribution is -2.50. The summed E-state index contributed by atoms with van der Waals surface area (Å²) in [6, 6.07) is 4.11. The van der Waals surface area contributed by atoms with E-state index in [4.69, 9.17) is 11.6 Å². The lowest BCUT2D eigenvalue weighted by atomic mass is 10.1. The van der Waals surface area contributed by atoms with Gasteiger partial charge in [0, 0.05) is 19.1 Å². The smallest absolute Gasteiger partial charge is 0.302 e. The third-order valence-electron chi connectivity index (χ3n) is 3.51. The molecule has 1 heterocycles. The minimum Gasteiger partial charge on any atom is -0.318 e. The Bertz CT molecular complexity index is 595. The fourth-order valence-electron chi connectivity index (χ4n) is 2.51. The van der Waals surface area contributed by atoms with Crippen LogP contribution in [0.3, 0.4) is 0 Å². The molecule has 2 N–H and O–H groups in total. The van der Waals surface area contributed by atoms with Crippen LogP contribution >= 0.6 is 11.6 Å². The van der Waals surface area contributed by atoms with Crippen molar-refractivity contribution in [1.82, 2.24) is 9.62 Å². The number of hydrogen-bond acceptors (Lipinski definition) is 3. The van der Waals surface area contributed by atoms with Crippen molar-refractivity contribution in [2.45, 2.75) is 25.3 Å². The number of likely N-dealkylation sites (N-methyl/N-ethyl adjacent to an activating group) is 1. The van der Waals surface area contributed by atoms with E-state index in [-0.39, 0.29) is 16.8 Å².